The smallest absolute Gasteiger partial charge is 0.238 e. The number of hydrogen-bond donors (Lipinski definition) is 2. The van der Waals surface area contributed by atoms with Gasteiger partial charge in [-0.15, -0.1) is 0 Å². The molecule has 1 aliphatic rings. The van der Waals surface area contributed by atoms with Crippen molar-refractivity contribution >= 4 is 27.5 Å². The Kier molecular flexibility index (Phi) is 4.31. The lowest BCUT2D eigenvalue weighted by Crippen LogP contribution is -2.32. The molecule has 1 aliphatic heterocycles. The van der Waals surface area contributed by atoms with Crippen molar-refractivity contribution < 1.29 is 14.3 Å². The van der Waals surface area contributed by atoms with Crippen LogP contribution in [0.5, 0.6) is 0 Å². The van der Waals surface area contributed by atoms with E-state index in [4.69, 9.17) is 0 Å². The second-order valence-electron chi connectivity index (χ2n) is 4.35. The van der Waals surface area contributed by atoms with Crippen LogP contribution in [0.2, 0.25) is 0 Å². The fourth-order valence-corrected chi connectivity index (χ4v) is 2.27. The number of carbonyl (C=O) groups is 1. The molecule has 0 bridgehead atoms. The first-order valence-electron chi connectivity index (χ1n) is 5.70. The van der Waals surface area contributed by atoms with Crippen molar-refractivity contribution in [2.45, 2.75) is 12.5 Å². The summed E-state index contributed by atoms with van der Waals surface area (Å²) in [6, 6.07) is 4.48. The van der Waals surface area contributed by atoms with Gasteiger partial charge in [0, 0.05) is 17.6 Å². The van der Waals surface area contributed by atoms with Crippen molar-refractivity contribution in [2.24, 2.45) is 0 Å². The predicted molar refractivity (Wildman–Crippen MR) is 69.8 cm³/mol. The molecule has 6 heteroatoms. The number of rotatable bonds is 3. The first-order valence-corrected chi connectivity index (χ1v) is 6.49. The molecule has 0 saturated carbocycles. The maximum atomic E-state index is 13.5. The van der Waals surface area contributed by atoms with Crippen molar-refractivity contribution in [3.05, 3.63) is 28.5 Å². The molecule has 0 aliphatic carbocycles. The number of hydrogen-bond acceptors (Lipinski definition) is 3. The molecule has 98 valence electrons. The highest BCUT2D eigenvalue weighted by Crippen LogP contribution is 2.19. The summed E-state index contributed by atoms with van der Waals surface area (Å²) in [5.74, 6) is -0.746. The number of aliphatic hydroxyl groups is 1. The average Bonchev–Trinajstić information content (AvgIpc) is 2.68. The maximum Gasteiger partial charge on any atom is 0.238 e. The fourth-order valence-electron chi connectivity index (χ4n) is 1.94. The number of aliphatic hydroxyl groups excluding tert-OH is 1. The van der Waals surface area contributed by atoms with Crippen LogP contribution in [0.1, 0.15) is 6.42 Å². The number of nitrogens with zero attached hydrogens (tertiary/aromatic N) is 1. The molecule has 18 heavy (non-hydrogen) atoms. The van der Waals surface area contributed by atoms with Crippen LogP contribution in [-0.2, 0) is 4.79 Å². The van der Waals surface area contributed by atoms with E-state index in [9.17, 15) is 14.3 Å². The molecule has 2 rings (SSSR count). The lowest BCUT2D eigenvalue weighted by Gasteiger charge is -2.14. The van der Waals surface area contributed by atoms with Crippen molar-refractivity contribution in [1.82, 2.24) is 4.90 Å². The molecule has 2 N–H and O–H groups in total. The van der Waals surface area contributed by atoms with Crippen LogP contribution in [0.25, 0.3) is 0 Å². The third kappa shape index (κ3) is 3.51. The number of likely N-dealkylation sites (tertiary alicyclic amines) is 1. The minimum atomic E-state index is -0.473. The Hall–Kier alpha value is -0.980. The Labute approximate surface area is 113 Å². The van der Waals surface area contributed by atoms with Gasteiger partial charge in [-0.05, 0) is 24.6 Å². The van der Waals surface area contributed by atoms with Crippen LogP contribution < -0.4 is 5.32 Å². The van der Waals surface area contributed by atoms with Crippen molar-refractivity contribution in [1.29, 1.82) is 0 Å². The summed E-state index contributed by atoms with van der Waals surface area (Å²) in [5, 5.41) is 11.9. The normalized spacial score (nSPS) is 20.1. The van der Waals surface area contributed by atoms with E-state index >= 15 is 0 Å². The van der Waals surface area contributed by atoms with Gasteiger partial charge < -0.3 is 10.4 Å². The van der Waals surface area contributed by atoms with Crippen molar-refractivity contribution in [2.75, 3.05) is 25.0 Å². The van der Waals surface area contributed by atoms with Gasteiger partial charge in [0.25, 0.3) is 0 Å². The second-order valence-corrected chi connectivity index (χ2v) is 5.27. The van der Waals surface area contributed by atoms with Gasteiger partial charge in [0.2, 0.25) is 5.91 Å². The molecule has 0 unspecified atom stereocenters. The molecule has 1 atom stereocenters. The van der Waals surface area contributed by atoms with E-state index in [1.807, 2.05) is 4.90 Å². The van der Waals surface area contributed by atoms with Gasteiger partial charge in [-0.1, -0.05) is 15.9 Å². The van der Waals surface area contributed by atoms with Crippen LogP contribution in [0.15, 0.2) is 22.7 Å². The number of halogens is 2. The Morgan fingerprint density at radius 3 is 3.00 bits per heavy atom. The average molecular weight is 317 g/mol. The summed E-state index contributed by atoms with van der Waals surface area (Å²) >= 11 is 3.15. The van der Waals surface area contributed by atoms with Gasteiger partial charge in [0.15, 0.2) is 0 Å². The van der Waals surface area contributed by atoms with Gasteiger partial charge in [0.05, 0.1) is 18.3 Å². The molecule has 1 heterocycles. The van der Waals surface area contributed by atoms with Gasteiger partial charge in [-0.2, -0.15) is 0 Å². The van der Waals surface area contributed by atoms with Gasteiger partial charge in [-0.3, -0.25) is 9.69 Å². The fraction of sp³-hybridized carbons (Fsp3) is 0.417. The molecule has 1 aromatic rings. The summed E-state index contributed by atoms with van der Waals surface area (Å²) in [4.78, 5) is 13.5. The largest absolute Gasteiger partial charge is 0.392 e. The molecular formula is C12H14BrFN2O2. The van der Waals surface area contributed by atoms with Crippen LogP contribution in [0.3, 0.4) is 0 Å². The Morgan fingerprint density at radius 2 is 2.39 bits per heavy atom. The number of benzene rings is 1. The third-order valence-electron chi connectivity index (χ3n) is 2.82. The highest BCUT2D eigenvalue weighted by molar-refractivity contribution is 9.10. The molecule has 1 aromatic carbocycles. The lowest BCUT2D eigenvalue weighted by atomic mass is 10.3. The minimum absolute atomic E-state index is 0.169. The second kappa shape index (κ2) is 5.77. The summed E-state index contributed by atoms with van der Waals surface area (Å²) < 4.78 is 14.1. The van der Waals surface area contributed by atoms with Gasteiger partial charge in [0.1, 0.15) is 5.82 Å². The Bertz CT molecular complexity index is 456. The highest BCUT2D eigenvalue weighted by Gasteiger charge is 2.22. The minimum Gasteiger partial charge on any atom is -0.392 e. The molecule has 0 aromatic heterocycles. The van der Waals surface area contributed by atoms with Crippen LogP contribution in [-0.4, -0.2) is 41.7 Å². The van der Waals surface area contributed by atoms with E-state index < -0.39 is 5.82 Å². The summed E-state index contributed by atoms with van der Waals surface area (Å²) in [6.45, 7) is 1.36. The van der Waals surface area contributed by atoms with Crippen LogP contribution in [0, 0.1) is 5.82 Å². The zero-order chi connectivity index (χ0) is 13.1. The van der Waals surface area contributed by atoms with Crippen LogP contribution in [0.4, 0.5) is 10.1 Å². The Balaban J connectivity index is 1.91. The van der Waals surface area contributed by atoms with E-state index in [-0.39, 0.29) is 24.2 Å². The summed E-state index contributed by atoms with van der Waals surface area (Å²) in [7, 11) is 0. The number of β-amino-alcohol motifs (C(OH)–C–C–N with tert-alkyl or cyclic N) is 1. The Morgan fingerprint density at radius 1 is 1.61 bits per heavy atom. The van der Waals surface area contributed by atoms with Crippen molar-refractivity contribution in [3.8, 4) is 0 Å². The standard InChI is InChI=1S/C12H14BrFN2O2/c13-8-1-2-11(10(14)5-8)15-12(18)7-16-4-3-9(17)6-16/h1-2,5,9,17H,3-4,6-7H2,(H,15,18)/t9-/m0/s1. The topological polar surface area (TPSA) is 52.6 Å². The number of anilines is 1. The van der Waals surface area contributed by atoms with Crippen LogP contribution >= 0.6 is 15.9 Å². The van der Waals surface area contributed by atoms with Crippen molar-refractivity contribution in [3.63, 3.8) is 0 Å². The molecule has 0 spiro atoms. The quantitative estimate of drug-likeness (QED) is 0.890. The summed E-state index contributed by atoms with van der Waals surface area (Å²) in [5.41, 5.74) is 0.169. The van der Waals surface area contributed by atoms with E-state index in [2.05, 4.69) is 21.2 Å². The zero-order valence-corrected chi connectivity index (χ0v) is 11.3. The zero-order valence-electron chi connectivity index (χ0n) is 9.70. The molecule has 1 saturated heterocycles. The van der Waals surface area contributed by atoms with E-state index in [1.54, 1.807) is 6.07 Å². The molecule has 1 amide bonds. The molecule has 4 nitrogen and oxygen atoms in total. The number of amides is 1. The van der Waals surface area contributed by atoms with E-state index in [0.717, 1.165) is 0 Å². The molecular weight excluding hydrogens is 303 g/mol. The van der Waals surface area contributed by atoms with Gasteiger partial charge in [-0.25, -0.2) is 4.39 Å². The highest BCUT2D eigenvalue weighted by atomic mass is 79.9. The SMILES string of the molecule is O=C(CN1CC[C@H](O)C1)Nc1ccc(Br)cc1F. The summed E-state index contributed by atoms with van der Waals surface area (Å²) in [6.07, 6.45) is 0.321. The molecule has 0 radical (unpaired) electrons. The van der Waals surface area contributed by atoms with Gasteiger partial charge >= 0.3 is 0 Å². The predicted octanol–water partition coefficient (Wildman–Crippen LogP) is 1.59. The number of nitrogens with one attached hydrogen (secondary N) is 1. The number of carbonyl (C=O) groups excluding carboxylic acids is 1. The van der Waals surface area contributed by atoms with E-state index in [1.165, 1.54) is 12.1 Å². The molecule has 1 fully saturated rings. The first kappa shape index (κ1) is 13.5. The maximum absolute atomic E-state index is 13.5. The third-order valence-corrected chi connectivity index (χ3v) is 3.31. The lowest BCUT2D eigenvalue weighted by molar-refractivity contribution is -0.117. The first-order chi connectivity index (χ1) is 8.54. The van der Waals surface area contributed by atoms with E-state index in [0.29, 0.717) is 24.0 Å². The monoisotopic (exact) mass is 316 g/mol.